The van der Waals surface area contributed by atoms with E-state index in [1.165, 1.54) is 18.2 Å². The van der Waals surface area contributed by atoms with Crippen molar-refractivity contribution in [3.63, 3.8) is 0 Å². The third kappa shape index (κ3) is 3.83. The third-order valence-corrected chi connectivity index (χ3v) is 6.72. The molecule has 1 aliphatic heterocycles. The van der Waals surface area contributed by atoms with Crippen molar-refractivity contribution < 1.29 is 41.6 Å². The molecule has 3 aliphatic rings. The number of ether oxygens (including phenoxy) is 3. The van der Waals surface area contributed by atoms with Crippen molar-refractivity contribution in [2.24, 2.45) is 23.7 Å². The van der Waals surface area contributed by atoms with Gasteiger partial charge < -0.3 is 18.8 Å². The Balaban J connectivity index is 1.48. The van der Waals surface area contributed by atoms with Crippen LogP contribution in [0.25, 0.3) is 0 Å². The minimum absolute atomic E-state index is 0.00609. The van der Waals surface area contributed by atoms with Crippen LogP contribution >= 0.6 is 0 Å². The van der Waals surface area contributed by atoms with Gasteiger partial charge in [-0.2, -0.15) is 0 Å². The predicted octanol–water partition coefficient (Wildman–Crippen LogP) is 0.160. The fourth-order valence-corrected chi connectivity index (χ4v) is 5.05. The summed E-state index contributed by atoms with van der Waals surface area (Å²) < 4.78 is 47.5. The van der Waals surface area contributed by atoms with Crippen molar-refractivity contribution in [3.05, 3.63) is 29.3 Å². The van der Waals surface area contributed by atoms with Gasteiger partial charge in [0.2, 0.25) is 0 Å². The van der Waals surface area contributed by atoms with Gasteiger partial charge in [0.15, 0.2) is 0 Å². The van der Waals surface area contributed by atoms with Gasteiger partial charge in [-0.3, -0.25) is 9.59 Å². The number of carbonyl (C=O) groups is 3. The molecule has 2 saturated carbocycles. The molecule has 1 aromatic carbocycles. The third-order valence-electron chi connectivity index (χ3n) is 6.06. The van der Waals surface area contributed by atoms with E-state index in [0.29, 0.717) is 12.0 Å². The van der Waals surface area contributed by atoms with Gasteiger partial charge in [0.25, 0.3) is 0 Å². The Morgan fingerprint density at radius 3 is 2.73 bits per heavy atom. The second-order valence-electron chi connectivity index (χ2n) is 7.77. The first-order valence-electron chi connectivity index (χ1n) is 9.54. The predicted molar refractivity (Wildman–Crippen MR) is 99.5 cm³/mol. The quantitative estimate of drug-likeness (QED) is 0.255. The van der Waals surface area contributed by atoms with Gasteiger partial charge in [0, 0.05) is 5.92 Å². The van der Waals surface area contributed by atoms with E-state index in [4.69, 9.17) is 22.1 Å². The maximum atomic E-state index is 12.9. The lowest BCUT2D eigenvalue weighted by Crippen LogP contribution is -2.35. The number of fused-ring (bicyclic) bond motifs is 1. The first-order valence-corrected chi connectivity index (χ1v) is 11.1. The van der Waals surface area contributed by atoms with Crippen LogP contribution in [0.2, 0.25) is 0 Å². The van der Waals surface area contributed by atoms with E-state index in [1.807, 2.05) is 0 Å². The molecule has 11 heteroatoms. The second kappa shape index (κ2) is 7.70. The molecule has 1 heterocycles. The zero-order valence-corrected chi connectivity index (χ0v) is 16.6. The molecule has 4 rings (SSSR count). The summed E-state index contributed by atoms with van der Waals surface area (Å²) in [4.78, 5) is 37.1. The summed E-state index contributed by atoms with van der Waals surface area (Å²) in [5.74, 6) is -3.60. The molecular weight excluding hydrogens is 415 g/mol. The molecule has 3 fully saturated rings. The molecule has 9 nitrogen and oxygen atoms in total. The monoisotopic (exact) mass is 433 g/mol. The minimum atomic E-state index is -4.51. The summed E-state index contributed by atoms with van der Waals surface area (Å²) in [6.45, 7) is -0.589. The number of esters is 3. The molecule has 0 spiro atoms. The lowest BCUT2D eigenvalue weighted by atomic mass is 9.80. The topological polar surface area (TPSA) is 136 Å². The molecule has 0 aromatic heterocycles. The normalized spacial score (nSPS) is 29.0. The summed E-state index contributed by atoms with van der Waals surface area (Å²) in [6.07, 6.45) is 1.33. The highest BCUT2D eigenvalue weighted by molar-refractivity contribution is 7.85. The maximum Gasteiger partial charge on any atom is 0.338 e. The van der Waals surface area contributed by atoms with Gasteiger partial charge in [0.1, 0.15) is 18.5 Å². The van der Waals surface area contributed by atoms with E-state index >= 15 is 0 Å². The SMILES string of the molecule is [B]Cc1ccc(C(=O)OCCS(=O)(=O)[O-])cc1OC(=O)C1C2CC3OC(=O)C1C3C2. The molecule has 0 amide bonds. The molecule has 5 unspecified atom stereocenters. The van der Waals surface area contributed by atoms with E-state index in [1.54, 1.807) is 0 Å². The summed E-state index contributed by atoms with van der Waals surface area (Å²) >= 11 is 0. The van der Waals surface area contributed by atoms with Crippen LogP contribution in [-0.2, 0) is 35.5 Å². The molecule has 1 saturated heterocycles. The highest BCUT2D eigenvalue weighted by Gasteiger charge is 2.64. The summed E-state index contributed by atoms with van der Waals surface area (Å²) in [7, 11) is 1.18. The van der Waals surface area contributed by atoms with Crippen molar-refractivity contribution in [2.45, 2.75) is 25.3 Å². The molecule has 5 atom stereocenters. The second-order valence-corrected chi connectivity index (χ2v) is 9.29. The van der Waals surface area contributed by atoms with Crippen molar-refractivity contribution in [2.75, 3.05) is 12.4 Å². The molecule has 0 N–H and O–H groups in total. The summed E-state index contributed by atoms with van der Waals surface area (Å²) in [5.41, 5.74) is 0.476. The van der Waals surface area contributed by atoms with Crippen LogP contribution in [-0.4, -0.2) is 57.2 Å². The average molecular weight is 433 g/mol. The van der Waals surface area contributed by atoms with Crippen LogP contribution in [0.15, 0.2) is 18.2 Å². The lowest BCUT2D eigenvalue weighted by molar-refractivity contribution is -0.149. The number of rotatable bonds is 7. The first-order chi connectivity index (χ1) is 14.2. The molecule has 2 bridgehead atoms. The van der Waals surface area contributed by atoms with Gasteiger partial charge in [-0.25, -0.2) is 13.2 Å². The Morgan fingerprint density at radius 1 is 1.27 bits per heavy atom. The van der Waals surface area contributed by atoms with E-state index < -0.39 is 46.3 Å². The largest absolute Gasteiger partial charge is 0.748 e. The zero-order valence-electron chi connectivity index (χ0n) is 15.8. The van der Waals surface area contributed by atoms with Crippen molar-refractivity contribution in [3.8, 4) is 5.75 Å². The Kier molecular flexibility index (Phi) is 5.35. The van der Waals surface area contributed by atoms with Crippen LogP contribution in [0.3, 0.4) is 0 Å². The van der Waals surface area contributed by atoms with Crippen molar-refractivity contribution >= 4 is 35.9 Å². The van der Waals surface area contributed by atoms with Gasteiger partial charge in [-0.1, -0.05) is 12.4 Å². The van der Waals surface area contributed by atoms with Crippen molar-refractivity contribution in [1.29, 1.82) is 0 Å². The molecule has 2 aliphatic carbocycles. The smallest absolute Gasteiger partial charge is 0.338 e. The van der Waals surface area contributed by atoms with E-state index in [-0.39, 0.29) is 41.5 Å². The molecule has 30 heavy (non-hydrogen) atoms. The molecular formula is C19H18BO9S-. The van der Waals surface area contributed by atoms with Gasteiger partial charge in [0.05, 0.1) is 41.1 Å². The van der Waals surface area contributed by atoms with Crippen LogP contribution in [0.4, 0.5) is 0 Å². The highest BCUT2D eigenvalue weighted by Crippen LogP contribution is 2.58. The van der Waals surface area contributed by atoms with E-state index in [9.17, 15) is 27.4 Å². The lowest BCUT2D eigenvalue weighted by Gasteiger charge is -2.23. The Labute approximate surface area is 174 Å². The first kappa shape index (κ1) is 20.9. The van der Waals surface area contributed by atoms with Crippen molar-refractivity contribution in [1.82, 2.24) is 0 Å². The van der Waals surface area contributed by atoms with Gasteiger partial charge in [-0.15, -0.1) is 0 Å². The Bertz CT molecular complexity index is 1000. The molecule has 2 radical (unpaired) electrons. The van der Waals surface area contributed by atoms with Crippen LogP contribution in [0.1, 0.15) is 28.8 Å². The van der Waals surface area contributed by atoms with Gasteiger partial charge >= 0.3 is 17.9 Å². The number of hydrogen-bond donors (Lipinski definition) is 0. The minimum Gasteiger partial charge on any atom is -0.748 e. The number of benzene rings is 1. The maximum absolute atomic E-state index is 12.9. The number of hydrogen-bond acceptors (Lipinski definition) is 9. The summed E-state index contributed by atoms with van der Waals surface area (Å²) in [5, 5.41) is 0. The highest BCUT2D eigenvalue weighted by atomic mass is 32.2. The molecule has 1 aromatic rings. The zero-order chi connectivity index (χ0) is 21.6. The van der Waals surface area contributed by atoms with Crippen LogP contribution in [0, 0.1) is 23.7 Å². The van der Waals surface area contributed by atoms with E-state index in [2.05, 4.69) is 0 Å². The fourth-order valence-electron chi connectivity index (χ4n) is 4.77. The Hall–Kier alpha value is -2.40. The fraction of sp³-hybridized carbons (Fsp3) is 0.526. The van der Waals surface area contributed by atoms with E-state index in [0.717, 1.165) is 6.42 Å². The summed E-state index contributed by atoms with van der Waals surface area (Å²) in [6, 6.07) is 4.16. The number of carbonyl (C=O) groups excluding carboxylic acids is 3. The standard InChI is InChI=1S/C19H19BO9S/c20-8-10-2-1-9(17(21)27-3-4-30(24,25)26)6-13(10)28-18(22)15-11-5-12-14(7-11)29-19(23)16(12)15/h1-2,6,11-12,14-16H,3-5,7-8H2,(H,24,25,26)/p-1. The average Bonchev–Trinajstić information content (AvgIpc) is 3.29. The van der Waals surface area contributed by atoms with Crippen LogP contribution < -0.4 is 4.74 Å². The Morgan fingerprint density at radius 2 is 2.03 bits per heavy atom. The van der Waals surface area contributed by atoms with Crippen LogP contribution in [0.5, 0.6) is 5.75 Å². The molecule has 158 valence electrons. The van der Waals surface area contributed by atoms with Gasteiger partial charge in [-0.05, 0) is 36.5 Å².